The van der Waals surface area contributed by atoms with Gasteiger partial charge in [0, 0.05) is 18.7 Å². The summed E-state index contributed by atoms with van der Waals surface area (Å²) in [7, 11) is 0. The topological polar surface area (TPSA) is 64.3 Å². The highest BCUT2D eigenvalue weighted by molar-refractivity contribution is 7.99. The zero-order chi connectivity index (χ0) is 15.1. The maximum Gasteiger partial charge on any atom is 0.305 e. The molecule has 5 nitrogen and oxygen atoms in total. The number of carbonyl (C=O) groups excluding carboxylic acids is 1. The molecule has 1 N–H and O–H groups in total. The molecule has 2 rings (SSSR count). The van der Waals surface area contributed by atoms with E-state index in [1.807, 2.05) is 31.2 Å². The molecule has 0 saturated heterocycles. The summed E-state index contributed by atoms with van der Waals surface area (Å²) < 4.78 is 7.05. The number of nitrogens with zero attached hydrogens (tertiary/aromatic N) is 2. The van der Waals surface area contributed by atoms with Gasteiger partial charge in [-0.2, -0.15) is 0 Å². The summed E-state index contributed by atoms with van der Waals surface area (Å²) in [4.78, 5) is 16.0. The van der Waals surface area contributed by atoms with Gasteiger partial charge in [0.2, 0.25) is 0 Å². The van der Waals surface area contributed by atoms with Gasteiger partial charge in [0.1, 0.15) is 0 Å². The largest absolute Gasteiger partial charge is 0.466 e. The molecule has 1 heterocycles. The monoisotopic (exact) mass is 308 g/mol. The number of para-hydroxylation sites is 2. The van der Waals surface area contributed by atoms with Crippen molar-refractivity contribution in [1.29, 1.82) is 0 Å². The van der Waals surface area contributed by atoms with Gasteiger partial charge in [-0.15, -0.1) is 0 Å². The Bertz CT molecular complexity index is 598. The summed E-state index contributed by atoms with van der Waals surface area (Å²) in [6, 6.07) is 7.93. The minimum atomic E-state index is -0.161. The van der Waals surface area contributed by atoms with E-state index in [-0.39, 0.29) is 12.6 Å². The molecule has 0 aliphatic rings. The number of aryl methyl sites for hydroxylation is 1. The molecule has 1 aromatic heterocycles. The van der Waals surface area contributed by atoms with Crippen LogP contribution in [0.3, 0.4) is 0 Å². The van der Waals surface area contributed by atoms with E-state index in [9.17, 15) is 4.79 Å². The summed E-state index contributed by atoms with van der Waals surface area (Å²) in [5.74, 6) is 0.452. The molecule has 0 aliphatic carbocycles. The highest BCUT2D eigenvalue weighted by atomic mass is 32.2. The minimum absolute atomic E-state index is 0.122. The van der Waals surface area contributed by atoms with Crippen molar-refractivity contribution in [2.24, 2.45) is 0 Å². The Balaban J connectivity index is 2.10. The zero-order valence-electron chi connectivity index (χ0n) is 12.1. The van der Waals surface area contributed by atoms with E-state index in [0.717, 1.165) is 16.2 Å². The number of ether oxygens (including phenoxy) is 1. The maximum absolute atomic E-state index is 11.4. The van der Waals surface area contributed by atoms with E-state index in [0.29, 0.717) is 31.7 Å². The van der Waals surface area contributed by atoms with Crippen LogP contribution in [0.2, 0.25) is 0 Å². The molecular formula is C15H20N2O3S. The summed E-state index contributed by atoms with van der Waals surface area (Å²) in [5, 5.41) is 9.87. The van der Waals surface area contributed by atoms with Crippen LogP contribution in [0.15, 0.2) is 29.4 Å². The van der Waals surface area contributed by atoms with Crippen LogP contribution in [0.4, 0.5) is 0 Å². The predicted octanol–water partition coefficient (Wildman–Crippen LogP) is 2.46. The third kappa shape index (κ3) is 4.22. The number of imidazole rings is 1. The average Bonchev–Trinajstić information content (AvgIpc) is 2.83. The second-order valence-corrected chi connectivity index (χ2v) is 5.58. The molecule has 0 atom stereocenters. The van der Waals surface area contributed by atoms with Crippen LogP contribution >= 0.6 is 11.8 Å². The van der Waals surface area contributed by atoms with E-state index in [4.69, 9.17) is 9.84 Å². The zero-order valence-corrected chi connectivity index (χ0v) is 12.9. The van der Waals surface area contributed by atoms with Crippen molar-refractivity contribution < 1.29 is 14.6 Å². The van der Waals surface area contributed by atoms with Gasteiger partial charge in [0.25, 0.3) is 0 Å². The predicted molar refractivity (Wildman–Crippen MR) is 83.4 cm³/mol. The lowest BCUT2D eigenvalue weighted by molar-refractivity contribution is -0.143. The third-order valence-corrected chi connectivity index (χ3v) is 3.97. The van der Waals surface area contributed by atoms with Crippen molar-refractivity contribution in [3.63, 3.8) is 0 Å². The lowest BCUT2D eigenvalue weighted by atomic mass is 10.3. The normalized spacial score (nSPS) is 11.0. The molecule has 0 amide bonds. The van der Waals surface area contributed by atoms with Crippen LogP contribution in [0.25, 0.3) is 11.0 Å². The van der Waals surface area contributed by atoms with Crippen molar-refractivity contribution >= 4 is 28.8 Å². The molecule has 0 unspecified atom stereocenters. The first-order valence-electron chi connectivity index (χ1n) is 7.10. The number of rotatable bonds is 8. The summed E-state index contributed by atoms with van der Waals surface area (Å²) in [6.45, 7) is 3.07. The molecular weight excluding hydrogens is 288 g/mol. The van der Waals surface area contributed by atoms with Gasteiger partial charge in [-0.1, -0.05) is 23.9 Å². The molecule has 0 spiro atoms. The van der Waals surface area contributed by atoms with Gasteiger partial charge in [0.05, 0.1) is 24.2 Å². The van der Waals surface area contributed by atoms with Gasteiger partial charge in [-0.05, 0) is 25.5 Å². The van der Waals surface area contributed by atoms with Crippen molar-refractivity contribution in [1.82, 2.24) is 9.55 Å². The lowest BCUT2D eigenvalue weighted by Gasteiger charge is -2.08. The third-order valence-electron chi connectivity index (χ3n) is 3.01. The van der Waals surface area contributed by atoms with Crippen molar-refractivity contribution in [2.75, 3.05) is 19.0 Å². The number of fused-ring (bicyclic) bond motifs is 1. The van der Waals surface area contributed by atoms with E-state index in [1.54, 1.807) is 0 Å². The standard InChI is InChI=1S/C15H20N2O3S/c1-2-20-14(19)8-5-9-17-13-7-4-3-6-12(13)16-15(17)21-11-10-18/h3-4,6-7,18H,2,5,8-11H2,1H3. The Morgan fingerprint density at radius 3 is 3.00 bits per heavy atom. The molecule has 114 valence electrons. The fraction of sp³-hybridized carbons (Fsp3) is 0.467. The van der Waals surface area contributed by atoms with Crippen LogP contribution in [-0.4, -0.2) is 39.6 Å². The Labute approximate surface area is 128 Å². The quantitative estimate of drug-likeness (QED) is 0.599. The minimum Gasteiger partial charge on any atom is -0.466 e. The summed E-state index contributed by atoms with van der Waals surface area (Å²) in [6.07, 6.45) is 1.12. The first kappa shape index (κ1) is 15.9. The molecule has 2 aromatic rings. The van der Waals surface area contributed by atoms with Crippen molar-refractivity contribution in [2.45, 2.75) is 31.5 Å². The number of benzene rings is 1. The molecule has 0 saturated carbocycles. The van der Waals surface area contributed by atoms with Gasteiger partial charge in [-0.3, -0.25) is 4.79 Å². The number of aliphatic hydroxyl groups is 1. The Kier molecular flexibility index (Phi) is 6.07. The fourth-order valence-electron chi connectivity index (χ4n) is 2.13. The fourth-order valence-corrected chi connectivity index (χ4v) is 2.91. The molecule has 0 aliphatic heterocycles. The van der Waals surface area contributed by atoms with Gasteiger partial charge in [0.15, 0.2) is 5.16 Å². The molecule has 0 radical (unpaired) electrons. The Morgan fingerprint density at radius 1 is 1.43 bits per heavy atom. The second kappa shape index (κ2) is 8.05. The van der Waals surface area contributed by atoms with Crippen LogP contribution in [0.1, 0.15) is 19.8 Å². The Hall–Kier alpha value is -1.53. The first-order chi connectivity index (χ1) is 10.3. The summed E-state index contributed by atoms with van der Waals surface area (Å²) >= 11 is 1.53. The van der Waals surface area contributed by atoms with Crippen molar-refractivity contribution in [3.8, 4) is 0 Å². The van der Waals surface area contributed by atoms with E-state index < -0.39 is 0 Å². The van der Waals surface area contributed by atoms with Crippen molar-refractivity contribution in [3.05, 3.63) is 24.3 Å². The highest BCUT2D eigenvalue weighted by Gasteiger charge is 2.11. The van der Waals surface area contributed by atoms with E-state index in [1.165, 1.54) is 11.8 Å². The molecule has 0 fully saturated rings. The number of hydrogen-bond acceptors (Lipinski definition) is 5. The second-order valence-electron chi connectivity index (χ2n) is 4.52. The number of esters is 1. The summed E-state index contributed by atoms with van der Waals surface area (Å²) in [5.41, 5.74) is 2.00. The number of hydrogen-bond donors (Lipinski definition) is 1. The molecule has 6 heteroatoms. The SMILES string of the molecule is CCOC(=O)CCCn1c(SCCO)nc2ccccc21. The lowest BCUT2D eigenvalue weighted by Crippen LogP contribution is -2.07. The number of thioether (sulfide) groups is 1. The highest BCUT2D eigenvalue weighted by Crippen LogP contribution is 2.24. The average molecular weight is 308 g/mol. The number of aliphatic hydroxyl groups excluding tert-OH is 1. The van der Waals surface area contributed by atoms with Crippen LogP contribution in [-0.2, 0) is 16.1 Å². The van der Waals surface area contributed by atoms with Gasteiger partial charge < -0.3 is 14.4 Å². The molecule has 21 heavy (non-hydrogen) atoms. The van der Waals surface area contributed by atoms with Crippen LogP contribution in [0.5, 0.6) is 0 Å². The number of carbonyl (C=O) groups is 1. The molecule has 1 aromatic carbocycles. The van der Waals surface area contributed by atoms with E-state index >= 15 is 0 Å². The maximum atomic E-state index is 11.4. The smallest absolute Gasteiger partial charge is 0.305 e. The first-order valence-corrected chi connectivity index (χ1v) is 8.09. The number of aromatic nitrogens is 2. The molecule has 0 bridgehead atoms. The Morgan fingerprint density at radius 2 is 2.24 bits per heavy atom. The van der Waals surface area contributed by atoms with Crippen LogP contribution < -0.4 is 0 Å². The van der Waals surface area contributed by atoms with E-state index in [2.05, 4.69) is 9.55 Å². The van der Waals surface area contributed by atoms with Gasteiger partial charge in [-0.25, -0.2) is 4.98 Å². The van der Waals surface area contributed by atoms with Gasteiger partial charge >= 0.3 is 5.97 Å². The van der Waals surface area contributed by atoms with Crippen LogP contribution in [0, 0.1) is 0 Å².